The zero-order chi connectivity index (χ0) is 53.0. The fourth-order valence-electron chi connectivity index (χ4n) is 9.34. The third-order valence-electron chi connectivity index (χ3n) is 12.7. The molecule has 2 aliphatic heterocycles. The second-order valence-electron chi connectivity index (χ2n) is 17.9. The monoisotopic (exact) mass is 1080 g/mol. The van der Waals surface area contributed by atoms with Crippen molar-refractivity contribution in [3.05, 3.63) is 101 Å². The molecular weight excluding hydrogens is 1030 g/mol. The van der Waals surface area contributed by atoms with Crippen LogP contribution in [0.2, 0.25) is 0 Å². The molecule has 2 amide bonds. The van der Waals surface area contributed by atoms with Crippen LogP contribution >= 0.6 is 0 Å². The Morgan fingerprint density at radius 3 is 1.80 bits per heavy atom. The van der Waals surface area contributed by atoms with Crippen LogP contribution in [0.15, 0.2) is 104 Å². The van der Waals surface area contributed by atoms with Crippen LogP contribution in [0.4, 0.5) is 5.69 Å². The first kappa shape index (κ1) is 54.9. The van der Waals surface area contributed by atoms with Crippen molar-refractivity contribution in [3.63, 3.8) is 0 Å². The highest BCUT2D eigenvalue weighted by Crippen LogP contribution is 2.52. The van der Waals surface area contributed by atoms with Crippen LogP contribution in [0.3, 0.4) is 0 Å². The first-order chi connectivity index (χ1) is 32.6. The minimum absolute atomic E-state index is 0.0390. The van der Waals surface area contributed by atoms with Crippen LogP contribution in [0.25, 0.3) is 21.5 Å². The quantitative estimate of drug-likeness (QED) is 0.0303. The number of unbranched alkanes of at least 4 members (excludes halogenated alkanes) is 2. The van der Waals surface area contributed by atoms with Gasteiger partial charge in [0.2, 0.25) is 0 Å². The second-order valence-corrected chi connectivity index (χ2v) is 25.1. The van der Waals surface area contributed by atoms with Crippen molar-refractivity contribution in [3.8, 4) is 0 Å². The van der Waals surface area contributed by atoms with E-state index in [-0.39, 0.29) is 77.8 Å². The topological polar surface area (TPSA) is 339 Å². The molecule has 1 fully saturated rings. The molecule has 0 aromatic heterocycles. The molecule has 1 unspecified atom stereocenters. The number of aryl methyl sites for hydroxylation is 1. The molecule has 1 saturated heterocycles. The van der Waals surface area contributed by atoms with Crippen molar-refractivity contribution in [2.75, 3.05) is 17.2 Å². The van der Waals surface area contributed by atoms with E-state index in [1.54, 1.807) is 45.9 Å². The van der Waals surface area contributed by atoms with E-state index >= 15 is 0 Å². The molecule has 2 aliphatic rings. The van der Waals surface area contributed by atoms with Gasteiger partial charge in [-0.2, -0.15) is 42.1 Å². The maximum absolute atomic E-state index is 12.7. The van der Waals surface area contributed by atoms with E-state index in [9.17, 15) is 79.2 Å². The molecule has 26 heteroatoms. The summed E-state index contributed by atoms with van der Waals surface area (Å²) in [5.74, 6) is -2.80. The Kier molecular flexibility index (Phi) is 15.1. The zero-order valence-corrected chi connectivity index (χ0v) is 42.6. The Labute approximate surface area is 410 Å². The molecule has 1 atom stereocenters. The zero-order valence-electron chi connectivity index (χ0n) is 38.5. The third kappa shape index (κ3) is 11.6. The fourth-order valence-corrected chi connectivity index (χ4v) is 12.5. The average Bonchev–Trinajstić information content (AvgIpc) is 3.66. The summed E-state index contributed by atoms with van der Waals surface area (Å²) >= 11 is 0. The van der Waals surface area contributed by atoms with Crippen LogP contribution in [-0.4, -0.2) is 100.0 Å². The molecule has 2 heterocycles. The number of allylic oxidation sites excluding steroid dienone is 5. The molecule has 0 aliphatic carbocycles. The van der Waals surface area contributed by atoms with Crippen LogP contribution in [-0.2, 0) is 80.6 Å². The number of fused-ring (bicyclic) bond motifs is 4. The van der Waals surface area contributed by atoms with E-state index in [4.69, 9.17) is 4.84 Å². The van der Waals surface area contributed by atoms with Gasteiger partial charge < -0.3 is 9.74 Å². The van der Waals surface area contributed by atoms with Gasteiger partial charge in [-0.15, -0.1) is 5.06 Å². The molecule has 5 N–H and O–H groups in total. The van der Waals surface area contributed by atoms with Crippen molar-refractivity contribution < 1.29 is 84.1 Å². The number of benzene rings is 4. The number of carbonyl (C=O) groups excluding carboxylic acids is 3. The smallest absolute Gasteiger partial charge is 0.333 e. The Bertz CT molecular complexity index is 3570. The largest absolute Gasteiger partial charge is 0.344 e. The van der Waals surface area contributed by atoms with Gasteiger partial charge in [-0.05, 0) is 102 Å². The summed E-state index contributed by atoms with van der Waals surface area (Å²) in [6, 6.07) is 9.00. The Hall–Kier alpha value is -5.42. The molecule has 4 aromatic rings. The van der Waals surface area contributed by atoms with Gasteiger partial charge in [-0.1, -0.05) is 64.1 Å². The number of anilines is 1. The first-order valence-corrected chi connectivity index (χ1v) is 28.9. The number of imide groups is 1. The number of nitrogens with zero attached hydrogens (tertiary/aromatic N) is 2. The number of rotatable bonds is 19. The molecule has 6 rings (SSSR count). The molecule has 384 valence electrons. The highest BCUT2D eigenvalue weighted by Gasteiger charge is 2.42. The molecule has 4 aromatic carbocycles. The van der Waals surface area contributed by atoms with Crippen molar-refractivity contribution in [2.45, 2.75) is 109 Å². The number of hydroxylamine groups is 2. The van der Waals surface area contributed by atoms with Gasteiger partial charge in [0.1, 0.15) is 9.79 Å². The molecule has 0 saturated carbocycles. The second kappa shape index (κ2) is 19.5. The molecule has 0 spiro atoms. The summed E-state index contributed by atoms with van der Waals surface area (Å²) in [5.41, 5.74) is -0.409. The number of carbonyl (C=O) groups is 3. The minimum atomic E-state index is -5.13. The van der Waals surface area contributed by atoms with Crippen molar-refractivity contribution in [1.82, 2.24) is 5.06 Å². The maximum atomic E-state index is 12.7. The van der Waals surface area contributed by atoms with Crippen LogP contribution in [0.5, 0.6) is 0 Å². The Balaban J connectivity index is 1.47. The van der Waals surface area contributed by atoms with E-state index in [1.807, 2.05) is 4.90 Å². The van der Waals surface area contributed by atoms with Crippen molar-refractivity contribution in [2.24, 2.45) is 0 Å². The lowest BCUT2D eigenvalue weighted by Gasteiger charge is -2.34. The summed E-state index contributed by atoms with van der Waals surface area (Å²) in [6.45, 7) is 11.2. The van der Waals surface area contributed by atoms with Gasteiger partial charge in [0.25, 0.3) is 62.4 Å². The Morgan fingerprint density at radius 1 is 0.732 bits per heavy atom. The van der Waals surface area contributed by atoms with Crippen LogP contribution in [0, 0.1) is 6.92 Å². The lowest BCUT2D eigenvalue weighted by Crippen LogP contribution is -2.32. The van der Waals surface area contributed by atoms with Gasteiger partial charge in [-0.25, -0.2) is 4.79 Å². The van der Waals surface area contributed by atoms with Crippen LogP contribution in [0.1, 0.15) is 88.8 Å². The minimum Gasteiger partial charge on any atom is -0.344 e. The van der Waals surface area contributed by atoms with Gasteiger partial charge in [-0.3, -0.25) is 32.4 Å². The number of hydrogen-bond donors (Lipinski definition) is 5. The fraction of sp³-hybridized carbons (Fsp3) is 0.356. The standard InChI is InChI=1S/C45H50N2O19S5/c1-27-14-15-31-33(23-29(68(54,55)56)25-36(31)70(60,61)62)42(27)45(5,20-10-22-67(51,52)53)28(2)11-9-12-38-44(3,4)43-34-24-30(69(57,58)59)26-37(71(63,64)65)32(34)16-17-35(43)46(38)21-8-6-7-13-41(50)66-47-39(48)18-19-40(47)49/h9,11-12,14-17,23-26H,2,6-8,10,13,18-22H2,1,3-5H3,(H,51,52,53)(H,54,55,56)(H,57,58,59)(H,60,61,62)(H,63,64,65)/b11-9+,38-12+. The summed E-state index contributed by atoms with van der Waals surface area (Å²) < 4.78 is 175. The lowest BCUT2D eigenvalue weighted by atomic mass is 9.70. The van der Waals surface area contributed by atoms with Gasteiger partial charge >= 0.3 is 5.97 Å². The summed E-state index contributed by atoms with van der Waals surface area (Å²) in [6.07, 6.45) is 5.11. The number of hydrogen-bond acceptors (Lipinski definition) is 15. The van der Waals surface area contributed by atoms with E-state index in [0.29, 0.717) is 52.5 Å². The SMILES string of the molecule is C=C(/C=C/C=C1/N(CCCCCC(=O)ON2C(=O)CCC2=O)c2ccc3c(S(=O)(=O)O)cc(S(=O)(=O)O)cc3c2C1(C)C)C(C)(CCCS(=O)(=O)O)c1c(C)ccc2c(S(=O)(=O)O)cc(S(=O)(=O)O)cc12. The maximum Gasteiger partial charge on any atom is 0.333 e. The van der Waals surface area contributed by atoms with E-state index < -0.39 is 105 Å². The van der Waals surface area contributed by atoms with Crippen molar-refractivity contribution >= 4 is 95.6 Å². The number of amides is 2. The molecule has 0 radical (unpaired) electrons. The van der Waals surface area contributed by atoms with Crippen LogP contribution < -0.4 is 4.90 Å². The normalized spacial score (nSPS) is 17.2. The lowest BCUT2D eigenvalue weighted by molar-refractivity contribution is -0.197. The third-order valence-corrected chi connectivity index (χ3v) is 16.9. The predicted molar refractivity (Wildman–Crippen MR) is 257 cm³/mol. The summed E-state index contributed by atoms with van der Waals surface area (Å²) in [5, 5.41) is 0.181. The molecule has 21 nitrogen and oxygen atoms in total. The van der Waals surface area contributed by atoms with E-state index in [2.05, 4.69) is 6.58 Å². The first-order valence-electron chi connectivity index (χ1n) is 21.5. The highest BCUT2D eigenvalue weighted by molar-refractivity contribution is 7.87. The molecule has 71 heavy (non-hydrogen) atoms. The predicted octanol–water partition coefficient (Wildman–Crippen LogP) is 6.18. The summed E-state index contributed by atoms with van der Waals surface area (Å²) in [4.78, 5) is 39.8. The van der Waals surface area contributed by atoms with E-state index in [0.717, 1.165) is 12.1 Å². The van der Waals surface area contributed by atoms with Gasteiger partial charge in [0, 0.05) is 58.8 Å². The van der Waals surface area contributed by atoms with Gasteiger partial charge in [0.15, 0.2) is 0 Å². The van der Waals surface area contributed by atoms with Crippen molar-refractivity contribution in [1.29, 1.82) is 0 Å². The van der Waals surface area contributed by atoms with E-state index in [1.165, 1.54) is 24.3 Å². The van der Waals surface area contributed by atoms with Gasteiger partial charge in [0.05, 0.1) is 15.5 Å². The summed E-state index contributed by atoms with van der Waals surface area (Å²) in [7, 11) is -24.9. The molecule has 0 bridgehead atoms. The highest BCUT2D eigenvalue weighted by atomic mass is 32.2. The molecular formula is C45H50N2O19S5. The Morgan fingerprint density at radius 2 is 1.27 bits per heavy atom. The average molecular weight is 1080 g/mol.